The molecule has 2 aromatic rings. The fraction of sp³-hybridized carbons (Fsp3) is 0.200. The maximum Gasteiger partial charge on any atom is 0.0446 e. The second kappa shape index (κ2) is 6.80. The van der Waals surface area contributed by atoms with Crippen molar-refractivity contribution in [2.75, 3.05) is 0 Å². The van der Waals surface area contributed by atoms with Gasteiger partial charge < -0.3 is 5.73 Å². The fourth-order valence-electron chi connectivity index (χ4n) is 1.74. The molecule has 0 bridgehead atoms. The summed E-state index contributed by atoms with van der Waals surface area (Å²) >= 11 is 11.5. The monoisotopic (exact) mass is 355 g/mol. The lowest BCUT2D eigenvalue weighted by atomic mass is 10.1. The normalized spacial score (nSPS) is 12.4. The van der Waals surface area contributed by atoms with Crippen molar-refractivity contribution in [2.45, 2.75) is 23.6 Å². The Balaban J connectivity index is 2.08. The molecular formula is C15H15BrClNS. The van der Waals surface area contributed by atoms with Crippen molar-refractivity contribution < 1.29 is 0 Å². The molecule has 0 aliphatic carbocycles. The van der Waals surface area contributed by atoms with E-state index >= 15 is 0 Å². The van der Waals surface area contributed by atoms with Gasteiger partial charge in [0.1, 0.15) is 0 Å². The third kappa shape index (κ3) is 3.99. The first-order chi connectivity index (χ1) is 9.08. The lowest BCUT2D eigenvalue weighted by Gasteiger charge is -2.10. The molecule has 2 N–H and O–H groups in total. The second-order valence-electron chi connectivity index (χ2n) is 4.35. The molecule has 0 aliphatic rings. The zero-order chi connectivity index (χ0) is 13.8. The van der Waals surface area contributed by atoms with Gasteiger partial charge in [0.05, 0.1) is 0 Å². The van der Waals surface area contributed by atoms with Gasteiger partial charge in [0.2, 0.25) is 0 Å². The highest BCUT2D eigenvalue weighted by Gasteiger charge is 2.06. The van der Waals surface area contributed by atoms with Crippen molar-refractivity contribution in [3.8, 4) is 0 Å². The van der Waals surface area contributed by atoms with Crippen molar-refractivity contribution in [3.05, 3.63) is 63.1 Å². The van der Waals surface area contributed by atoms with Gasteiger partial charge in [-0.3, -0.25) is 0 Å². The van der Waals surface area contributed by atoms with Crippen molar-refractivity contribution in [1.29, 1.82) is 0 Å². The molecule has 0 fully saturated rings. The van der Waals surface area contributed by atoms with Gasteiger partial charge in [0.15, 0.2) is 0 Å². The summed E-state index contributed by atoms with van der Waals surface area (Å²) in [6, 6.07) is 14.3. The van der Waals surface area contributed by atoms with E-state index in [9.17, 15) is 0 Å². The summed E-state index contributed by atoms with van der Waals surface area (Å²) in [6.07, 6.45) is 0. The van der Waals surface area contributed by atoms with Crippen LogP contribution in [0, 0.1) is 0 Å². The molecule has 2 aromatic carbocycles. The molecule has 100 valence electrons. The van der Waals surface area contributed by atoms with Gasteiger partial charge >= 0.3 is 0 Å². The Morgan fingerprint density at radius 3 is 2.63 bits per heavy atom. The Hall–Kier alpha value is -0.480. The van der Waals surface area contributed by atoms with E-state index in [1.807, 2.05) is 25.1 Å². The summed E-state index contributed by atoms with van der Waals surface area (Å²) in [5, 5.41) is 0.821. The molecule has 0 heterocycles. The molecule has 2 rings (SSSR count). The van der Waals surface area contributed by atoms with E-state index in [2.05, 4.69) is 40.2 Å². The molecule has 0 unspecified atom stereocenters. The first kappa shape index (κ1) is 14.9. The van der Waals surface area contributed by atoms with Crippen LogP contribution in [0.25, 0.3) is 0 Å². The maximum absolute atomic E-state index is 6.15. The molecule has 0 saturated heterocycles. The van der Waals surface area contributed by atoms with E-state index in [1.54, 1.807) is 11.8 Å². The topological polar surface area (TPSA) is 26.0 Å². The first-order valence-electron chi connectivity index (χ1n) is 5.99. The van der Waals surface area contributed by atoms with Crippen LogP contribution in [0.3, 0.4) is 0 Å². The van der Waals surface area contributed by atoms with E-state index < -0.39 is 0 Å². The zero-order valence-corrected chi connectivity index (χ0v) is 13.7. The first-order valence-corrected chi connectivity index (χ1v) is 8.15. The van der Waals surface area contributed by atoms with Gasteiger partial charge in [-0.25, -0.2) is 0 Å². The number of benzene rings is 2. The van der Waals surface area contributed by atoms with Crippen molar-refractivity contribution in [1.82, 2.24) is 0 Å². The lowest BCUT2D eigenvalue weighted by Crippen LogP contribution is -2.05. The third-order valence-electron chi connectivity index (χ3n) is 2.81. The fourth-order valence-corrected chi connectivity index (χ4v) is 3.86. The second-order valence-corrected chi connectivity index (χ2v) is 6.66. The van der Waals surface area contributed by atoms with Crippen LogP contribution in [0.4, 0.5) is 0 Å². The SMILES string of the molecule is C[C@@H](N)c1ccc(SCc2ccccc2Cl)cc1Br. The van der Waals surface area contributed by atoms with Gasteiger partial charge in [0, 0.05) is 26.2 Å². The Morgan fingerprint density at radius 2 is 2.00 bits per heavy atom. The van der Waals surface area contributed by atoms with Gasteiger partial charge in [-0.2, -0.15) is 0 Å². The summed E-state index contributed by atoms with van der Waals surface area (Å²) in [7, 11) is 0. The lowest BCUT2D eigenvalue weighted by molar-refractivity contribution is 0.811. The quantitative estimate of drug-likeness (QED) is 0.741. The molecule has 0 radical (unpaired) electrons. The van der Waals surface area contributed by atoms with Crippen LogP contribution in [-0.2, 0) is 5.75 Å². The van der Waals surface area contributed by atoms with Crippen LogP contribution in [0.2, 0.25) is 5.02 Å². The molecule has 0 aliphatic heterocycles. The summed E-state index contributed by atoms with van der Waals surface area (Å²) in [6.45, 7) is 1.98. The predicted molar refractivity (Wildman–Crippen MR) is 87.8 cm³/mol. The van der Waals surface area contributed by atoms with Crippen LogP contribution in [-0.4, -0.2) is 0 Å². The molecule has 0 saturated carbocycles. The highest BCUT2D eigenvalue weighted by molar-refractivity contribution is 9.10. The molecule has 0 spiro atoms. The summed E-state index contributed by atoms with van der Waals surface area (Å²) in [5.41, 5.74) is 8.18. The maximum atomic E-state index is 6.15. The van der Waals surface area contributed by atoms with Gasteiger partial charge in [-0.15, -0.1) is 11.8 Å². The van der Waals surface area contributed by atoms with Crippen LogP contribution < -0.4 is 5.73 Å². The summed E-state index contributed by atoms with van der Waals surface area (Å²) in [4.78, 5) is 1.20. The Kier molecular flexibility index (Phi) is 5.34. The average molecular weight is 357 g/mol. The smallest absolute Gasteiger partial charge is 0.0446 e. The van der Waals surface area contributed by atoms with E-state index in [-0.39, 0.29) is 6.04 Å². The van der Waals surface area contributed by atoms with E-state index in [1.165, 1.54) is 4.90 Å². The average Bonchev–Trinajstić information content (AvgIpc) is 2.37. The predicted octanol–water partition coefficient (Wildman–Crippen LogP) is 5.41. The highest BCUT2D eigenvalue weighted by atomic mass is 79.9. The van der Waals surface area contributed by atoms with Gasteiger partial charge in [-0.1, -0.05) is 51.8 Å². The zero-order valence-electron chi connectivity index (χ0n) is 10.6. The Labute approximate surface area is 131 Å². The van der Waals surface area contributed by atoms with Crippen LogP contribution in [0.1, 0.15) is 24.1 Å². The van der Waals surface area contributed by atoms with Crippen LogP contribution >= 0.6 is 39.3 Å². The summed E-state index contributed by atoms with van der Waals surface area (Å²) < 4.78 is 1.06. The van der Waals surface area contributed by atoms with Gasteiger partial charge in [-0.05, 0) is 36.2 Å². The minimum atomic E-state index is 0.0389. The molecule has 19 heavy (non-hydrogen) atoms. The molecule has 4 heteroatoms. The summed E-state index contributed by atoms with van der Waals surface area (Å²) in [5.74, 6) is 0.865. The van der Waals surface area contributed by atoms with E-state index in [4.69, 9.17) is 17.3 Å². The number of hydrogen-bond acceptors (Lipinski definition) is 2. The van der Waals surface area contributed by atoms with Crippen molar-refractivity contribution in [3.63, 3.8) is 0 Å². The molecule has 0 aromatic heterocycles. The number of nitrogens with two attached hydrogens (primary N) is 1. The van der Waals surface area contributed by atoms with Crippen molar-refractivity contribution >= 4 is 39.3 Å². The number of rotatable bonds is 4. The van der Waals surface area contributed by atoms with Crippen LogP contribution in [0.15, 0.2) is 51.8 Å². The van der Waals surface area contributed by atoms with E-state index in [0.717, 1.165) is 26.4 Å². The highest BCUT2D eigenvalue weighted by Crippen LogP contribution is 2.31. The molecule has 1 nitrogen and oxygen atoms in total. The van der Waals surface area contributed by atoms with E-state index in [0.29, 0.717) is 0 Å². The van der Waals surface area contributed by atoms with Crippen LogP contribution in [0.5, 0.6) is 0 Å². The minimum absolute atomic E-state index is 0.0389. The third-order valence-corrected chi connectivity index (χ3v) is 4.91. The molecule has 1 atom stereocenters. The van der Waals surface area contributed by atoms with Crippen molar-refractivity contribution in [2.24, 2.45) is 5.73 Å². The molecular weight excluding hydrogens is 342 g/mol. The molecule has 0 amide bonds. The minimum Gasteiger partial charge on any atom is -0.324 e. The largest absolute Gasteiger partial charge is 0.324 e. The van der Waals surface area contributed by atoms with Gasteiger partial charge in [0.25, 0.3) is 0 Å². The Bertz CT molecular complexity index is 572. The number of halogens is 2. The number of thioether (sulfide) groups is 1. The number of hydrogen-bond donors (Lipinski definition) is 1. The standard InChI is InChI=1S/C15H15BrClNS/c1-10(18)13-7-6-12(8-14(13)16)19-9-11-4-2-3-5-15(11)17/h2-8,10H,9,18H2,1H3/t10-/m1/s1. The Morgan fingerprint density at radius 1 is 1.26 bits per heavy atom.